The Morgan fingerprint density at radius 2 is 1.82 bits per heavy atom. The van der Waals surface area contributed by atoms with E-state index in [1.807, 2.05) is 61.5 Å². The number of rotatable bonds is 3. The topological polar surface area (TPSA) is 26.1 Å². The first-order valence-corrected chi connectivity index (χ1v) is 5.63. The molecule has 0 N–H and O–H groups in total. The van der Waals surface area contributed by atoms with E-state index in [0.717, 1.165) is 21.4 Å². The van der Waals surface area contributed by atoms with Crippen molar-refractivity contribution in [1.29, 1.82) is 0 Å². The first kappa shape index (κ1) is 11.4. The highest BCUT2D eigenvalue weighted by molar-refractivity contribution is 5.75. The molecular formula is C15H15NO. The molecule has 0 saturated heterocycles. The van der Waals surface area contributed by atoms with Gasteiger partial charge in [-0.25, -0.2) is 4.74 Å². The average Bonchev–Trinajstić information content (AvgIpc) is 2.30. The van der Waals surface area contributed by atoms with Crippen molar-refractivity contribution in [3.05, 3.63) is 76.5 Å². The van der Waals surface area contributed by atoms with Crippen molar-refractivity contribution in [3.63, 3.8) is 0 Å². The minimum atomic E-state index is 0.384. The van der Waals surface area contributed by atoms with Gasteiger partial charge in [0.25, 0.3) is 0 Å². The lowest BCUT2D eigenvalue weighted by molar-refractivity contribution is -0.469. The molecule has 86 valence electrons. The van der Waals surface area contributed by atoms with Crippen LogP contribution < -0.4 is 0 Å². The summed E-state index contributed by atoms with van der Waals surface area (Å²) in [6.07, 6.45) is 1.62. The van der Waals surface area contributed by atoms with Crippen LogP contribution in [0.1, 0.15) is 16.7 Å². The lowest BCUT2D eigenvalue weighted by atomic mass is 10.1. The van der Waals surface area contributed by atoms with Gasteiger partial charge in [-0.3, -0.25) is 0 Å². The molecule has 0 amide bonds. The largest absolute Gasteiger partial charge is 0.624 e. The van der Waals surface area contributed by atoms with Crippen LogP contribution in [0.4, 0.5) is 0 Å². The molecule has 0 fully saturated rings. The third-order valence-electron chi connectivity index (χ3n) is 2.52. The lowest BCUT2D eigenvalue weighted by Crippen LogP contribution is -2.05. The predicted octanol–water partition coefficient (Wildman–Crippen LogP) is 3.12. The summed E-state index contributed by atoms with van der Waals surface area (Å²) in [7, 11) is 0. The molecule has 0 saturated carbocycles. The Kier molecular flexibility index (Phi) is 3.55. The Balaban J connectivity index is 2.12. The SMILES string of the molecule is Cc1cccc(/C=[N+](\[O-])Cc2ccccc2)c1. The van der Waals surface area contributed by atoms with E-state index in [9.17, 15) is 5.21 Å². The van der Waals surface area contributed by atoms with Gasteiger partial charge in [-0.15, -0.1) is 0 Å². The Morgan fingerprint density at radius 1 is 1.06 bits per heavy atom. The normalized spacial score (nSPS) is 11.5. The van der Waals surface area contributed by atoms with Gasteiger partial charge >= 0.3 is 0 Å². The lowest BCUT2D eigenvalue weighted by Gasteiger charge is -2.04. The molecule has 0 atom stereocenters. The monoisotopic (exact) mass is 225 g/mol. The second kappa shape index (κ2) is 5.30. The molecule has 2 aromatic carbocycles. The van der Waals surface area contributed by atoms with E-state index >= 15 is 0 Å². The van der Waals surface area contributed by atoms with Crippen LogP contribution in [0.15, 0.2) is 54.6 Å². The van der Waals surface area contributed by atoms with Gasteiger partial charge in [-0.05, 0) is 19.1 Å². The molecular weight excluding hydrogens is 210 g/mol. The summed E-state index contributed by atoms with van der Waals surface area (Å²) in [5, 5.41) is 11.8. The maximum Gasteiger partial charge on any atom is 0.182 e. The molecule has 0 heterocycles. The third kappa shape index (κ3) is 3.45. The Hall–Kier alpha value is -2.09. The molecule has 2 aromatic rings. The van der Waals surface area contributed by atoms with Gasteiger partial charge in [0.2, 0.25) is 0 Å². The fourth-order valence-corrected chi connectivity index (χ4v) is 1.73. The highest BCUT2D eigenvalue weighted by Gasteiger charge is 1.98. The van der Waals surface area contributed by atoms with Crippen LogP contribution in [0.25, 0.3) is 0 Å². The summed E-state index contributed by atoms with van der Waals surface area (Å²) >= 11 is 0. The number of aryl methyl sites for hydroxylation is 1. The zero-order chi connectivity index (χ0) is 12.1. The zero-order valence-corrected chi connectivity index (χ0v) is 9.84. The van der Waals surface area contributed by atoms with Gasteiger partial charge in [-0.2, -0.15) is 0 Å². The maximum atomic E-state index is 11.8. The molecule has 2 rings (SSSR count). The van der Waals surface area contributed by atoms with Crippen molar-refractivity contribution in [2.75, 3.05) is 0 Å². The first-order valence-electron chi connectivity index (χ1n) is 5.63. The van der Waals surface area contributed by atoms with Crippen LogP contribution in [0.2, 0.25) is 0 Å². The second-order valence-electron chi connectivity index (χ2n) is 4.10. The van der Waals surface area contributed by atoms with Crippen LogP contribution in [-0.2, 0) is 6.54 Å². The highest BCUT2D eigenvalue weighted by atomic mass is 16.5. The van der Waals surface area contributed by atoms with E-state index in [2.05, 4.69) is 0 Å². The Bertz CT molecular complexity index is 517. The number of benzene rings is 2. The Morgan fingerprint density at radius 3 is 2.53 bits per heavy atom. The minimum Gasteiger partial charge on any atom is -0.624 e. The molecule has 17 heavy (non-hydrogen) atoms. The minimum absolute atomic E-state index is 0.384. The second-order valence-corrected chi connectivity index (χ2v) is 4.10. The van der Waals surface area contributed by atoms with Crippen LogP contribution in [0.3, 0.4) is 0 Å². The quantitative estimate of drug-likeness (QED) is 0.341. The van der Waals surface area contributed by atoms with Crippen LogP contribution in [-0.4, -0.2) is 11.0 Å². The van der Waals surface area contributed by atoms with Crippen molar-refractivity contribution in [3.8, 4) is 0 Å². The summed E-state index contributed by atoms with van der Waals surface area (Å²) in [5.74, 6) is 0. The molecule has 0 unspecified atom stereocenters. The van der Waals surface area contributed by atoms with Gasteiger partial charge in [0.15, 0.2) is 12.8 Å². The smallest absolute Gasteiger partial charge is 0.182 e. The third-order valence-corrected chi connectivity index (χ3v) is 2.52. The first-order chi connectivity index (χ1) is 8.24. The molecule has 0 aliphatic carbocycles. The summed E-state index contributed by atoms with van der Waals surface area (Å²) in [5.41, 5.74) is 3.12. The van der Waals surface area contributed by atoms with Gasteiger partial charge < -0.3 is 5.21 Å². The fourth-order valence-electron chi connectivity index (χ4n) is 1.73. The van der Waals surface area contributed by atoms with Crippen LogP contribution in [0.5, 0.6) is 0 Å². The van der Waals surface area contributed by atoms with Crippen LogP contribution in [0, 0.1) is 12.1 Å². The molecule has 0 spiro atoms. The fraction of sp³-hybridized carbons (Fsp3) is 0.133. The predicted molar refractivity (Wildman–Crippen MR) is 70.1 cm³/mol. The number of hydroxylamine groups is 1. The summed E-state index contributed by atoms with van der Waals surface area (Å²) in [4.78, 5) is 0. The summed E-state index contributed by atoms with van der Waals surface area (Å²) in [6, 6.07) is 17.6. The molecule has 2 nitrogen and oxygen atoms in total. The molecule has 0 aliphatic heterocycles. The molecule has 2 heteroatoms. The summed E-state index contributed by atoms with van der Waals surface area (Å²) < 4.78 is 0.962. The maximum absolute atomic E-state index is 11.8. The van der Waals surface area contributed by atoms with E-state index in [1.165, 1.54) is 0 Å². The van der Waals surface area contributed by atoms with Crippen molar-refractivity contribution < 1.29 is 4.74 Å². The van der Waals surface area contributed by atoms with Crippen molar-refractivity contribution in [1.82, 2.24) is 0 Å². The van der Waals surface area contributed by atoms with Gasteiger partial charge in [-0.1, -0.05) is 48.0 Å². The van der Waals surface area contributed by atoms with E-state index in [0.29, 0.717) is 6.54 Å². The number of nitrogens with zero attached hydrogens (tertiary/aromatic N) is 1. The van der Waals surface area contributed by atoms with Gasteiger partial charge in [0.05, 0.1) is 0 Å². The van der Waals surface area contributed by atoms with E-state index in [1.54, 1.807) is 6.21 Å². The van der Waals surface area contributed by atoms with E-state index in [4.69, 9.17) is 0 Å². The molecule has 0 radical (unpaired) electrons. The standard InChI is InChI=1S/C15H15NO/c1-13-6-5-9-15(10-13)12-16(17)11-14-7-3-2-4-8-14/h2-10,12H,11H2,1H3/b16-12-. The average molecular weight is 225 g/mol. The molecule has 0 aliphatic rings. The summed E-state index contributed by atoms with van der Waals surface area (Å²) in [6.45, 7) is 2.40. The van der Waals surface area contributed by atoms with E-state index < -0.39 is 0 Å². The molecule has 0 bridgehead atoms. The van der Waals surface area contributed by atoms with Crippen LogP contribution >= 0.6 is 0 Å². The number of hydrogen-bond donors (Lipinski definition) is 0. The van der Waals surface area contributed by atoms with Crippen molar-refractivity contribution in [2.45, 2.75) is 13.5 Å². The molecule has 0 aromatic heterocycles. The number of hydrogen-bond acceptors (Lipinski definition) is 1. The van der Waals surface area contributed by atoms with Crippen molar-refractivity contribution >= 4 is 6.21 Å². The zero-order valence-electron chi connectivity index (χ0n) is 9.84. The van der Waals surface area contributed by atoms with Crippen molar-refractivity contribution in [2.24, 2.45) is 0 Å². The van der Waals surface area contributed by atoms with Gasteiger partial charge in [0.1, 0.15) is 0 Å². The van der Waals surface area contributed by atoms with Gasteiger partial charge in [0, 0.05) is 11.1 Å². The van der Waals surface area contributed by atoms with E-state index in [-0.39, 0.29) is 0 Å². The Labute approximate surface area is 101 Å². The highest BCUT2D eigenvalue weighted by Crippen LogP contribution is 2.03.